The molecular formula is C20H28F3N5O4. The Morgan fingerprint density at radius 3 is 2.47 bits per heavy atom. The Labute approximate surface area is 184 Å². The van der Waals surface area contributed by atoms with E-state index in [1.807, 2.05) is 0 Å². The predicted octanol–water partition coefficient (Wildman–Crippen LogP) is 2.97. The second-order valence-corrected chi connectivity index (χ2v) is 8.07. The van der Waals surface area contributed by atoms with Crippen LogP contribution in [0, 0.1) is 0 Å². The quantitative estimate of drug-likeness (QED) is 0.676. The van der Waals surface area contributed by atoms with E-state index in [0.29, 0.717) is 51.9 Å². The van der Waals surface area contributed by atoms with Crippen LogP contribution < -0.4 is 4.90 Å². The minimum absolute atomic E-state index is 0.0184. The summed E-state index contributed by atoms with van der Waals surface area (Å²) in [6, 6.07) is 0. The number of aromatic nitrogens is 2. The minimum atomic E-state index is -4.66. The van der Waals surface area contributed by atoms with Gasteiger partial charge in [-0.05, 0) is 13.8 Å². The second-order valence-electron chi connectivity index (χ2n) is 8.07. The molecule has 1 amide bonds. The average molecular weight is 459 g/mol. The molecule has 12 heteroatoms. The van der Waals surface area contributed by atoms with Crippen LogP contribution in [0.25, 0.3) is 0 Å². The van der Waals surface area contributed by atoms with Gasteiger partial charge in [-0.3, -0.25) is 0 Å². The molecule has 0 atom stereocenters. The fourth-order valence-electron chi connectivity index (χ4n) is 3.54. The summed E-state index contributed by atoms with van der Waals surface area (Å²) in [5.41, 5.74) is -0.639. The van der Waals surface area contributed by atoms with Crippen molar-refractivity contribution in [3.63, 3.8) is 0 Å². The minimum Gasteiger partial charge on any atom is -0.447 e. The van der Waals surface area contributed by atoms with Crippen molar-refractivity contribution in [2.75, 3.05) is 31.1 Å². The fraction of sp³-hybridized carbons (Fsp3) is 0.700. The van der Waals surface area contributed by atoms with Gasteiger partial charge in [-0.25, -0.2) is 14.8 Å². The molecule has 2 fully saturated rings. The number of aliphatic hydroxyl groups is 1. The molecule has 9 nitrogen and oxygen atoms in total. The number of anilines is 1. The van der Waals surface area contributed by atoms with Gasteiger partial charge in [-0.2, -0.15) is 13.2 Å². The number of piperidine rings is 2. The molecule has 0 aliphatic carbocycles. The summed E-state index contributed by atoms with van der Waals surface area (Å²) in [6.45, 7) is 4.74. The van der Waals surface area contributed by atoms with E-state index in [9.17, 15) is 18.0 Å². The number of rotatable bonds is 5. The van der Waals surface area contributed by atoms with Crippen LogP contribution in [0.3, 0.4) is 0 Å². The van der Waals surface area contributed by atoms with E-state index in [0.717, 1.165) is 11.9 Å². The normalized spacial score (nSPS) is 18.2. The van der Waals surface area contributed by atoms with Crippen LogP contribution in [0.1, 0.15) is 50.8 Å². The zero-order valence-corrected chi connectivity index (χ0v) is 18.1. The number of amides is 1. The molecular weight excluding hydrogens is 431 g/mol. The number of hydrogen-bond acceptors (Lipinski definition) is 8. The van der Waals surface area contributed by atoms with Gasteiger partial charge in [-0.15, -0.1) is 0 Å². The van der Waals surface area contributed by atoms with Gasteiger partial charge in [0.05, 0.1) is 18.4 Å². The molecule has 178 valence electrons. The lowest BCUT2D eigenvalue weighted by Gasteiger charge is -2.31. The molecule has 32 heavy (non-hydrogen) atoms. The maximum absolute atomic E-state index is 13.2. The number of nitrogens with zero attached hydrogens (tertiary/aromatic N) is 5. The van der Waals surface area contributed by atoms with Gasteiger partial charge in [0.25, 0.3) is 0 Å². The lowest BCUT2D eigenvalue weighted by Crippen LogP contribution is -2.41. The van der Waals surface area contributed by atoms with Crippen LogP contribution in [0.4, 0.5) is 23.9 Å². The lowest BCUT2D eigenvalue weighted by atomic mass is 10.1. The summed E-state index contributed by atoms with van der Waals surface area (Å²) >= 11 is 0. The Bertz CT molecular complexity index is 816. The van der Waals surface area contributed by atoms with Gasteiger partial charge < -0.3 is 24.5 Å². The molecule has 0 aromatic carbocycles. The fourth-order valence-corrected chi connectivity index (χ4v) is 3.54. The predicted molar refractivity (Wildman–Crippen MR) is 109 cm³/mol. The highest BCUT2D eigenvalue weighted by Gasteiger charge is 2.36. The molecule has 2 aliphatic heterocycles. The summed E-state index contributed by atoms with van der Waals surface area (Å²) in [5, 5.41) is 13.4. The standard InChI is InChI=1S/C20H28F3N5O4/c1-13(2)31-19(30)28-9-5-16(6-10-28)32-26-15-3-7-27(8-4-15)18-24-11-14(12-29)17(25-18)20(21,22)23/h11,13,16,29H,3-10,12H2,1-2H3. The monoisotopic (exact) mass is 459 g/mol. The van der Waals surface area contributed by atoms with E-state index >= 15 is 0 Å². The summed E-state index contributed by atoms with van der Waals surface area (Å²) < 4.78 is 44.7. The second kappa shape index (κ2) is 10.3. The number of alkyl halides is 3. The number of aliphatic hydroxyl groups excluding tert-OH is 1. The first-order valence-electron chi connectivity index (χ1n) is 10.6. The van der Waals surface area contributed by atoms with Gasteiger partial charge >= 0.3 is 12.3 Å². The molecule has 3 heterocycles. The number of halogens is 3. The first-order valence-corrected chi connectivity index (χ1v) is 10.6. The van der Waals surface area contributed by atoms with Gasteiger partial charge in [0, 0.05) is 63.6 Å². The summed E-state index contributed by atoms with van der Waals surface area (Å²) in [4.78, 5) is 28.5. The molecule has 0 saturated carbocycles. The van der Waals surface area contributed by atoms with Crippen molar-refractivity contribution in [3.8, 4) is 0 Å². The molecule has 1 aromatic rings. The highest BCUT2D eigenvalue weighted by Crippen LogP contribution is 2.31. The Balaban J connectivity index is 1.49. The van der Waals surface area contributed by atoms with Crippen molar-refractivity contribution in [1.82, 2.24) is 14.9 Å². The first kappa shape index (κ1) is 24.0. The van der Waals surface area contributed by atoms with E-state index in [1.54, 1.807) is 23.6 Å². The molecule has 2 saturated heterocycles. The SMILES string of the molecule is CC(C)OC(=O)N1CCC(ON=C2CCN(c3ncc(CO)c(C(F)(F)F)n3)CC2)CC1. The largest absolute Gasteiger partial charge is 0.447 e. The van der Waals surface area contributed by atoms with Crippen molar-refractivity contribution in [2.45, 2.75) is 64.5 Å². The van der Waals surface area contributed by atoms with Gasteiger partial charge in [-0.1, -0.05) is 5.16 Å². The average Bonchev–Trinajstić information content (AvgIpc) is 2.77. The summed E-state index contributed by atoms with van der Waals surface area (Å²) in [7, 11) is 0. The van der Waals surface area contributed by atoms with E-state index in [4.69, 9.17) is 14.7 Å². The number of ether oxygens (including phenoxy) is 1. The van der Waals surface area contributed by atoms with Crippen LogP contribution in [-0.2, 0) is 22.4 Å². The number of likely N-dealkylation sites (tertiary alicyclic amines) is 1. The Morgan fingerprint density at radius 2 is 1.91 bits per heavy atom. The molecule has 3 rings (SSSR count). The number of carbonyl (C=O) groups is 1. The zero-order valence-electron chi connectivity index (χ0n) is 18.1. The summed E-state index contributed by atoms with van der Waals surface area (Å²) in [5.74, 6) is -0.0184. The van der Waals surface area contributed by atoms with Crippen molar-refractivity contribution < 1.29 is 32.6 Å². The molecule has 2 aliphatic rings. The Hall–Kier alpha value is -2.63. The van der Waals surface area contributed by atoms with Crippen molar-refractivity contribution in [3.05, 3.63) is 17.5 Å². The maximum atomic E-state index is 13.2. The number of carbonyl (C=O) groups excluding carboxylic acids is 1. The van der Waals surface area contributed by atoms with Gasteiger partial charge in [0.1, 0.15) is 6.10 Å². The Kier molecular flexibility index (Phi) is 7.75. The molecule has 0 unspecified atom stereocenters. The summed E-state index contributed by atoms with van der Waals surface area (Å²) in [6.07, 6.45) is -1.87. The molecule has 0 spiro atoms. The van der Waals surface area contributed by atoms with E-state index < -0.39 is 18.5 Å². The van der Waals surface area contributed by atoms with Crippen molar-refractivity contribution in [1.29, 1.82) is 0 Å². The van der Waals surface area contributed by atoms with Gasteiger partial charge in [0.2, 0.25) is 5.95 Å². The van der Waals surface area contributed by atoms with E-state index in [-0.39, 0.29) is 29.8 Å². The third kappa shape index (κ3) is 6.21. The molecule has 0 radical (unpaired) electrons. The highest BCUT2D eigenvalue weighted by atomic mass is 19.4. The van der Waals surface area contributed by atoms with Crippen LogP contribution in [-0.4, -0.2) is 70.2 Å². The van der Waals surface area contributed by atoms with Gasteiger partial charge in [0.15, 0.2) is 5.69 Å². The van der Waals surface area contributed by atoms with Crippen LogP contribution in [0.2, 0.25) is 0 Å². The zero-order chi connectivity index (χ0) is 23.3. The number of hydrogen-bond donors (Lipinski definition) is 1. The third-order valence-electron chi connectivity index (χ3n) is 5.28. The Morgan fingerprint density at radius 1 is 1.25 bits per heavy atom. The topological polar surface area (TPSA) is 100 Å². The van der Waals surface area contributed by atoms with Crippen molar-refractivity contribution in [2.24, 2.45) is 5.16 Å². The van der Waals surface area contributed by atoms with Crippen LogP contribution >= 0.6 is 0 Å². The van der Waals surface area contributed by atoms with Crippen LogP contribution in [0.15, 0.2) is 11.4 Å². The molecule has 0 bridgehead atoms. The number of oxime groups is 1. The molecule has 1 N–H and O–H groups in total. The first-order chi connectivity index (χ1) is 15.2. The van der Waals surface area contributed by atoms with E-state index in [1.165, 1.54) is 0 Å². The maximum Gasteiger partial charge on any atom is 0.433 e. The van der Waals surface area contributed by atoms with Crippen LogP contribution in [0.5, 0.6) is 0 Å². The lowest BCUT2D eigenvalue weighted by molar-refractivity contribution is -0.142. The van der Waals surface area contributed by atoms with E-state index in [2.05, 4.69) is 15.1 Å². The smallest absolute Gasteiger partial charge is 0.433 e. The molecule has 1 aromatic heterocycles. The highest BCUT2D eigenvalue weighted by molar-refractivity contribution is 5.86. The third-order valence-corrected chi connectivity index (χ3v) is 5.28. The van der Waals surface area contributed by atoms with Crippen molar-refractivity contribution >= 4 is 17.8 Å².